The van der Waals surface area contributed by atoms with E-state index in [9.17, 15) is 29.7 Å². The largest absolute Gasteiger partial charge is 0.508 e. The summed E-state index contributed by atoms with van der Waals surface area (Å²) in [5.74, 6) is -1.30. The number of nitrogens with one attached hydrogen (secondary N) is 1. The third kappa shape index (κ3) is 15.9. The van der Waals surface area contributed by atoms with Crippen LogP contribution in [0.2, 0.25) is 0 Å². The van der Waals surface area contributed by atoms with Crippen LogP contribution in [0.25, 0.3) is 0 Å². The number of ketones is 1. The number of hydrogen-bond acceptors (Lipinski definition) is 8. The highest BCUT2D eigenvalue weighted by molar-refractivity contribution is 5.99. The molecule has 1 saturated heterocycles. The number of ether oxygens (including phenoxy) is 2. The summed E-state index contributed by atoms with van der Waals surface area (Å²) >= 11 is 0. The first-order chi connectivity index (χ1) is 24.6. The number of hydrogen-bond donors (Lipinski definition) is 4. The number of benzene rings is 1. The van der Waals surface area contributed by atoms with Crippen LogP contribution in [0.1, 0.15) is 59.9 Å². The molecule has 1 aromatic rings. The fourth-order valence-corrected chi connectivity index (χ4v) is 5.31. The van der Waals surface area contributed by atoms with E-state index in [1.165, 1.54) is 12.2 Å². The maximum atomic E-state index is 12.6. The molecule has 0 aliphatic carbocycles. The van der Waals surface area contributed by atoms with Crippen LogP contribution >= 0.6 is 0 Å². The summed E-state index contributed by atoms with van der Waals surface area (Å²) in [5, 5.41) is 32.7. The zero-order valence-corrected chi connectivity index (χ0v) is 31.4. The Balaban J connectivity index is 1.74. The third-order valence-electron chi connectivity index (χ3n) is 8.34. The van der Waals surface area contributed by atoms with Gasteiger partial charge in [-0.1, -0.05) is 97.0 Å². The molecule has 0 spiro atoms. The first-order valence-corrected chi connectivity index (χ1v) is 17.5. The number of phenols is 1. The second kappa shape index (κ2) is 22.1. The maximum absolute atomic E-state index is 12.6. The predicted molar refractivity (Wildman–Crippen MR) is 206 cm³/mol. The zero-order valence-electron chi connectivity index (χ0n) is 31.4. The van der Waals surface area contributed by atoms with Crippen LogP contribution in [-0.2, 0) is 30.3 Å². The number of phenolic OH excluding ortho intramolecular Hbond substituents is 1. The van der Waals surface area contributed by atoms with Crippen molar-refractivity contribution >= 4 is 17.7 Å². The summed E-state index contributed by atoms with van der Waals surface area (Å²) in [4.78, 5) is 36.8. The highest BCUT2D eigenvalue weighted by Crippen LogP contribution is 2.34. The Kier molecular flexibility index (Phi) is 18.3. The normalized spacial score (nSPS) is 22.4. The molecule has 4 N–H and O–H groups in total. The van der Waals surface area contributed by atoms with Crippen molar-refractivity contribution in [1.29, 1.82) is 0 Å². The van der Waals surface area contributed by atoms with Crippen LogP contribution in [-0.4, -0.2) is 63.9 Å². The molecular formula is C43H55NO8. The molecule has 0 saturated carbocycles. The van der Waals surface area contributed by atoms with Crippen molar-refractivity contribution < 1.29 is 39.2 Å². The molecule has 1 fully saturated rings. The Labute approximate surface area is 308 Å². The van der Waals surface area contributed by atoms with Gasteiger partial charge in [0.05, 0.1) is 12.0 Å². The lowest BCUT2D eigenvalue weighted by atomic mass is 9.92. The molecule has 9 heteroatoms. The fourth-order valence-electron chi connectivity index (χ4n) is 5.31. The number of allylic oxidation sites excluding steroid dienone is 14. The van der Waals surface area contributed by atoms with E-state index in [0.717, 1.165) is 22.8 Å². The number of carbonyl (C=O) groups is 3. The molecule has 0 bridgehead atoms. The second-order valence-electron chi connectivity index (χ2n) is 13.3. The van der Waals surface area contributed by atoms with Gasteiger partial charge in [0.1, 0.15) is 17.6 Å². The number of esters is 1. The molecule has 1 aliphatic rings. The predicted octanol–water partition coefficient (Wildman–Crippen LogP) is 7.42. The van der Waals surface area contributed by atoms with Crippen LogP contribution in [0.15, 0.2) is 132 Å². The highest BCUT2D eigenvalue weighted by atomic mass is 16.6. The highest BCUT2D eigenvalue weighted by Gasteiger charge is 2.49. The van der Waals surface area contributed by atoms with Gasteiger partial charge in [-0.05, 0) is 89.8 Å². The van der Waals surface area contributed by atoms with Crippen molar-refractivity contribution in [2.75, 3.05) is 7.11 Å². The molecule has 2 rings (SSSR count). The van der Waals surface area contributed by atoms with Crippen molar-refractivity contribution in [1.82, 2.24) is 5.32 Å². The van der Waals surface area contributed by atoms with Gasteiger partial charge in [-0.15, -0.1) is 0 Å². The molecule has 6 unspecified atom stereocenters. The summed E-state index contributed by atoms with van der Waals surface area (Å²) in [6, 6.07) is 6.56. The van der Waals surface area contributed by atoms with E-state index in [-0.39, 0.29) is 53.2 Å². The van der Waals surface area contributed by atoms with E-state index in [1.807, 2.05) is 71.1 Å². The van der Waals surface area contributed by atoms with Gasteiger partial charge in [-0.3, -0.25) is 14.4 Å². The van der Waals surface area contributed by atoms with E-state index < -0.39 is 11.7 Å². The first kappa shape index (κ1) is 43.2. The summed E-state index contributed by atoms with van der Waals surface area (Å²) < 4.78 is 10.9. The molecule has 1 aliphatic heterocycles. The number of aliphatic hydroxyl groups is 2. The summed E-state index contributed by atoms with van der Waals surface area (Å²) in [6.45, 7) is 11.1. The minimum atomic E-state index is -0.836. The van der Waals surface area contributed by atoms with Crippen LogP contribution in [0, 0.1) is 11.8 Å². The smallest absolute Gasteiger partial charge is 0.312 e. The lowest BCUT2D eigenvalue weighted by Gasteiger charge is -2.25. The number of methoxy groups -OCH3 is 1. The topological polar surface area (TPSA) is 142 Å². The third-order valence-corrected chi connectivity index (χ3v) is 8.34. The van der Waals surface area contributed by atoms with E-state index >= 15 is 0 Å². The van der Waals surface area contributed by atoms with Gasteiger partial charge in [0.25, 0.3) is 0 Å². The number of rotatable bonds is 19. The van der Waals surface area contributed by atoms with Crippen molar-refractivity contribution in [3.05, 3.63) is 138 Å². The minimum absolute atomic E-state index is 0.0755. The zero-order chi connectivity index (χ0) is 38.7. The lowest BCUT2D eigenvalue weighted by Crippen LogP contribution is -2.37. The lowest BCUT2D eigenvalue weighted by molar-refractivity contribution is -0.147. The number of carbonyl (C=O) groups excluding carboxylic acids is 3. The molecule has 1 aromatic carbocycles. The maximum Gasteiger partial charge on any atom is 0.312 e. The molecule has 9 nitrogen and oxygen atoms in total. The van der Waals surface area contributed by atoms with Crippen LogP contribution in [0.5, 0.6) is 5.75 Å². The molecule has 1 heterocycles. The van der Waals surface area contributed by atoms with Crippen molar-refractivity contribution in [3.8, 4) is 5.75 Å². The standard InChI is InChI=1S/C43H55NO8/c1-30(14-10-11-27-43(6)40(51-7)34(5)42(50)52-43)15-12-19-38(47)29-39(48)20-13-16-31(2)21-22-33(4)44-41(49)32(3)17-8-9-18-37(46)28-35-23-25-36(45)26-24-35/h8-16,19-27,29,32-34,37,40,45-47H,17-18,28H2,1-7H3,(H,44,49). The number of amides is 1. The molecule has 280 valence electrons. The SMILES string of the molecule is COC1C(C)C(=O)OC1(C)C=CC=CC(C)=CC=CC(O)=CC(=O)C=CC=C(C)C=CC(C)NC(=O)C(C)CC=CCC(O)Cc1ccc(O)cc1. The monoisotopic (exact) mass is 713 g/mol. The van der Waals surface area contributed by atoms with E-state index in [2.05, 4.69) is 5.32 Å². The van der Waals surface area contributed by atoms with Crippen molar-refractivity contribution in [2.24, 2.45) is 11.8 Å². The molecular weight excluding hydrogens is 658 g/mol. The van der Waals surface area contributed by atoms with Crippen molar-refractivity contribution in [3.63, 3.8) is 0 Å². The van der Waals surface area contributed by atoms with Gasteiger partial charge in [0, 0.05) is 25.1 Å². The van der Waals surface area contributed by atoms with Gasteiger partial charge in [-0.25, -0.2) is 0 Å². The average molecular weight is 714 g/mol. The van der Waals surface area contributed by atoms with Gasteiger partial charge < -0.3 is 30.1 Å². The summed E-state index contributed by atoms with van der Waals surface area (Å²) in [5.41, 5.74) is 1.87. The second-order valence-corrected chi connectivity index (χ2v) is 13.3. The first-order valence-electron chi connectivity index (χ1n) is 17.5. The molecule has 52 heavy (non-hydrogen) atoms. The number of cyclic esters (lactones) is 1. The molecule has 0 radical (unpaired) electrons. The average Bonchev–Trinajstić information content (AvgIpc) is 3.31. The quantitative estimate of drug-likeness (QED) is 0.0382. The Bertz CT molecular complexity index is 1620. The molecule has 0 aromatic heterocycles. The van der Waals surface area contributed by atoms with Crippen LogP contribution in [0.4, 0.5) is 0 Å². The van der Waals surface area contributed by atoms with E-state index in [4.69, 9.17) is 9.47 Å². The Morgan fingerprint density at radius 3 is 2.27 bits per heavy atom. The Hall–Kier alpha value is -4.99. The fraction of sp³-hybridized carbons (Fsp3) is 0.372. The molecule has 1 amide bonds. The van der Waals surface area contributed by atoms with Gasteiger partial charge in [0.2, 0.25) is 5.91 Å². The van der Waals surface area contributed by atoms with Gasteiger partial charge >= 0.3 is 5.97 Å². The minimum Gasteiger partial charge on any atom is -0.508 e. The number of aromatic hydroxyl groups is 1. The molecule has 6 atom stereocenters. The van der Waals surface area contributed by atoms with Gasteiger partial charge in [-0.2, -0.15) is 0 Å². The van der Waals surface area contributed by atoms with E-state index in [1.54, 1.807) is 74.8 Å². The summed E-state index contributed by atoms with van der Waals surface area (Å²) in [6.07, 6.45) is 26.1. The Morgan fingerprint density at radius 2 is 1.60 bits per heavy atom. The van der Waals surface area contributed by atoms with Crippen LogP contribution < -0.4 is 5.32 Å². The number of aliphatic hydroxyl groups excluding tert-OH is 2. The Morgan fingerprint density at radius 1 is 0.962 bits per heavy atom. The van der Waals surface area contributed by atoms with Crippen LogP contribution in [0.3, 0.4) is 0 Å². The van der Waals surface area contributed by atoms with E-state index in [0.29, 0.717) is 19.3 Å². The van der Waals surface area contributed by atoms with Crippen molar-refractivity contribution in [2.45, 2.75) is 84.7 Å². The van der Waals surface area contributed by atoms with Gasteiger partial charge in [0.15, 0.2) is 11.4 Å². The summed E-state index contributed by atoms with van der Waals surface area (Å²) in [7, 11) is 1.56.